The van der Waals surface area contributed by atoms with Crippen LogP contribution in [0.25, 0.3) is 22.2 Å². The van der Waals surface area contributed by atoms with Crippen molar-refractivity contribution in [3.63, 3.8) is 0 Å². The molecular formula is C29H33FN6O. The number of aromatic nitrogens is 3. The number of hydrogen-bond acceptors (Lipinski definition) is 6. The van der Waals surface area contributed by atoms with E-state index in [1.165, 1.54) is 12.4 Å². The highest BCUT2D eigenvalue weighted by Gasteiger charge is 2.30. The topological polar surface area (TPSA) is 81.2 Å². The number of rotatable bonds is 5. The molecule has 0 bridgehead atoms. The van der Waals surface area contributed by atoms with Gasteiger partial charge in [0.1, 0.15) is 35.1 Å². The third kappa shape index (κ3) is 4.79. The summed E-state index contributed by atoms with van der Waals surface area (Å²) >= 11 is 0. The molecule has 0 amide bonds. The quantitative estimate of drug-likeness (QED) is 0.383. The summed E-state index contributed by atoms with van der Waals surface area (Å²) in [5.41, 5.74) is 8.28. The number of nitrogens with one attached hydrogen (secondary N) is 1. The van der Waals surface area contributed by atoms with Crippen LogP contribution >= 0.6 is 0 Å². The number of nitrogens with zero attached hydrogens (tertiary/aromatic N) is 4. The van der Waals surface area contributed by atoms with Crippen molar-refractivity contribution in [2.75, 3.05) is 25.4 Å². The number of piperazine rings is 1. The van der Waals surface area contributed by atoms with Gasteiger partial charge in [-0.3, -0.25) is 4.90 Å². The minimum absolute atomic E-state index is 0.297. The maximum Gasteiger partial charge on any atom is 0.146 e. The zero-order chi connectivity index (χ0) is 25.4. The summed E-state index contributed by atoms with van der Waals surface area (Å²) < 4.78 is 23.5. The lowest BCUT2D eigenvalue weighted by Gasteiger charge is -2.41. The highest BCUT2D eigenvalue weighted by atomic mass is 19.1. The first-order valence-corrected chi connectivity index (χ1v) is 13.2. The average Bonchev–Trinajstić information content (AvgIpc) is 3.30. The Morgan fingerprint density at radius 3 is 2.51 bits per heavy atom. The molecule has 2 aliphatic rings. The Balaban J connectivity index is 1.28. The van der Waals surface area contributed by atoms with Crippen molar-refractivity contribution >= 4 is 16.9 Å². The van der Waals surface area contributed by atoms with Gasteiger partial charge in [-0.25, -0.2) is 14.4 Å². The number of halogens is 1. The molecule has 1 saturated heterocycles. The van der Waals surface area contributed by atoms with Crippen LogP contribution in [0.4, 0.5) is 10.2 Å². The van der Waals surface area contributed by atoms with Crippen LogP contribution in [0.5, 0.6) is 11.5 Å². The van der Waals surface area contributed by atoms with E-state index in [1.807, 2.05) is 36.5 Å². The van der Waals surface area contributed by atoms with Crippen molar-refractivity contribution in [3.8, 4) is 22.6 Å². The SMILES string of the molecule is CC1CN(C2CCC(n3cc(-c4ccc(Oc5ccccc5)cc4F)c4c(N)ncnc43)CC2)CCN1. The van der Waals surface area contributed by atoms with Gasteiger partial charge >= 0.3 is 0 Å². The van der Waals surface area contributed by atoms with Crippen LogP contribution in [0.15, 0.2) is 61.1 Å². The molecule has 1 atom stereocenters. The monoisotopic (exact) mass is 500 g/mol. The molecule has 1 unspecified atom stereocenters. The molecule has 0 spiro atoms. The van der Waals surface area contributed by atoms with Gasteiger partial charge < -0.3 is 20.4 Å². The predicted octanol–water partition coefficient (Wildman–Crippen LogP) is 5.39. The van der Waals surface area contributed by atoms with Gasteiger partial charge in [-0.05, 0) is 56.9 Å². The molecule has 0 radical (unpaired) electrons. The van der Waals surface area contributed by atoms with Crippen LogP contribution in [-0.2, 0) is 0 Å². The second kappa shape index (κ2) is 10.1. The maximum atomic E-state index is 15.5. The van der Waals surface area contributed by atoms with Crippen LogP contribution < -0.4 is 15.8 Å². The molecule has 4 aromatic rings. The average molecular weight is 501 g/mol. The molecule has 7 nitrogen and oxygen atoms in total. The van der Waals surface area contributed by atoms with E-state index in [4.69, 9.17) is 10.5 Å². The zero-order valence-electron chi connectivity index (χ0n) is 21.1. The Hall–Kier alpha value is -3.49. The van der Waals surface area contributed by atoms with Crippen molar-refractivity contribution in [1.29, 1.82) is 0 Å². The van der Waals surface area contributed by atoms with Crippen LogP contribution in [0, 0.1) is 5.82 Å². The molecule has 2 aromatic heterocycles. The third-order valence-corrected chi connectivity index (χ3v) is 7.82. The fourth-order valence-corrected chi connectivity index (χ4v) is 5.99. The summed E-state index contributed by atoms with van der Waals surface area (Å²) in [6, 6.07) is 15.8. The van der Waals surface area contributed by atoms with E-state index in [2.05, 4.69) is 31.7 Å². The minimum Gasteiger partial charge on any atom is -0.457 e. The lowest BCUT2D eigenvalue weighted by atomic mass is 9.89. The normalized spacial score (nSPS) is 22.8. The molecule has 1 aliphatic heterocycles. The molecule has 2 fully saturated rings. The van der Waals surface area contributed by atoms with Gasteiger partial charge in [-0.1, -0.05) is 18.2 Å². The number of fused-ring (bicyclic) bond motifs is 1. The Morgan fingerprint density at radius 2 is 1.76 bits per heavy atom. The summed E-state index contributed by atoms with van der Waals surface area (Å²) in [4.78, 5) is 11.5. The lowest BCUT2D eigenvalue weighted by Crippen LogP contribution is -2.53. The van der Waals surface area contributed by atoms with Crippen molar-refractivity contribution < 1.29 is 9.13 Å². The molecule has 3 heterocycles. The molecule has 6 rings (SSSR count). The van der Waals surface area contributed by atoms with Crippen LogP contribution in [-0.4, -0.2) is 51.2 Å². The molecule has 8 heteroatoms. The van der Waals surface area contributed by atoms with Gasteiger partial charge in [0.25, 0.3) is 0 Å². The van der Waals surface area contributed by atoms with E-state index in [0.29, 0.717) is 46.4 Å². The highest BCUT2D eigenvalue weighted by molar-refractivity contribution is 6.00. The smallest absolute Gasteiger partial charge is 0.146 e. The second-order valence-corrected chi connectivity index (χ2v) is 10.3. The maximum absolute atomic E-state index is 15.5. The fraction of sp³-hybridized carbons (Fsp3) is 0.379. The van der Waals surface area contributed by atoms with E-state index in [0.717, 1.165) is 56.5 Å². The van der Waals surface area contributed by atoms with Crippen molar-refractivity contribution in [1.82, 2.24) is 24.8 Å². The lowest BCUT2D eigenvalue weighted by molar-refractivity contribution is 0.107. The number of ether oxygens (including phenoxy) is 1. The number of anilines is 1. The molecule has 1 saturated carbocycles. The Bertz CT molecular complexity index is 1380. The van der Waals surface area contributed by atoms with Gasteiger partial charge in [0.2, 0.25) is 0 Å². The summed E-state index contributed by atoms with van der Waals surface area (Å²) in [7, 11) is 0. The summed E-state index contributed by atoms with van der Waals surface area (Å²) in [5.74, 6) is 1.11. The van der Waals surface area contributed by atoms with E-state index in [1.54, 1.807) is 12.1 Å². The van der Waals surface area contributed by atoms with Gasteiger partial charge in [0.15, 0.2) is 0 Å². The summed E-state index contributed by atoms with van der Waals surface area (Å²) in [6.07, 6.45) is 7.92. The van der Waals surface area contributed by atoms with E-state index >= 15 is 4.39 Å². The molecule has 192 valence electrons. The zero-order valence-corrected chi connectivity index (χ0v) is 21.1. The van der Waals surface area contributed by atoms with Crippen LogP contribution in [0.1, 0.15) is 38.6 Å². The van der Waals surface area contributed by atoms with Gasteiger partial charge in [-0.2, -0.15) is 0 Å². The highest BCUT2D eigenvalue weighted by Crippen LogP contribution is 2.40. The molecule has 1 aliphatic carbocycles. The number of nitrogens with two attached hydrogens (primary N) is 1. The molecule has 3 N–H and O–H groups in total. The largest absolute Gasteiger partial charge is 0.457 e. The minimum atomic E-state index is -0.368. The van der Waals surface area contributed by atoms with Crippen molar-refractivity contribution in [3.05, 3.63) is 66.9 Å². The van der Waals surface area contributed by atoms with Crippen molar-refractivity contribution in [2.24, 2.45) is 0 Å². The number of para-hydroxylation sites is 1. The molecular weight excluding hydrogens is 467 g/mol. The Labute approximate surface area is 216 Å². The number of nitrogen functional groups attached to an aromatic ring is 1. The standard InChI is InChI=1S/C29H33FN6O/c1-19-16-35(14-13-32-19)20-7-9-21(10-8-20)36-17-25(27-28(31)33-18-34-29(27)36)24-12-11-23(15-26(24)30)37-22-5-3-2-4-6-22/h2-6,11-12,15,17-21,32H,7-10,13-14,16H2,1H3,(H2,31,33,34). The van der Waals surface area contributed by atoms with Crippen LogP contribution in [0.3, 0.4) is 0 Å². The van der Waals surface area contributed by atoms with E-state index < -0.39 is 0 Å². The van der Waals surface area contributed by atoms with Gasteiger partial charge in [-0.15, -0.1) is 0 Å². The third-order valence-electron chi connectivity index (χ3n) is 7.82. The molecule has 37 heavy (non-hydrogen) atoms. The fourth-order valence-electron chi connectivity index (χ4n) is 5.99. The van der Waals surface area contributed by atoms with Gasteiger partial charge in [0, 0.05) is 61.1 Å². The first-order valence-electron chi connectivity index (χ1n) is 13.2. The number of benzene rings is 2. The van der Waals surface area contributed by atoms with Crippen LogP contribution in [0.2, 0.25) is 0 Å². The number of hydrogen-bond donors (Lipinski definition) is 2. The second-order valence-electron chi connectivity index (χ2n) is 10.3. The summed E-state index contributed by atoms with van der Waals surface area (Å²) in [5, 5.41) is 4.24. The van der Waals surface area contributed by atoms with Crippen molar-refractivity contribution in [2.45, 2.75) is 50.7 Å². The van der Waals surface area contributed by atoms with Gasteiger partial charge in [0.05, 0.1) is 5.39 Å². The first-order chi connectivity index (χ1) is 18.1. The summed E-state index contributed by atoms with van der Waals surface area (Å²) in [6.45, 7) is 5.54. The Kier molecular flexibility index (Phi) is 6.52. The molecule has 2 aromatic carbocycles. The first kappa shape index (κ1) is 23.9. The Morgan fingerprint density at radius 1 is 0.973 bits per heavy atom. The van der Waals surface area contributed by atoms with E-state index in [9.17, 15) is 0 Å². The van der Waals surface area contributed by atoms with E-state index in [-0.39, 0.29) is 5.82 Å². The predicted molar refractivity (Wildman–Crippen MR) is 144 cm³/mol.